The standard InChI is InChI=1S/C17H22O.C2H4O2/c1-3-5-6-7-8-9-10-11-12-13-14-15-16-17(18)4-2;1-2(3)4/h3-4,10-11,17-18H,1-2,5-9,12H2;1H3,(H,3,4). The minimum Gasteiger partial charge on any atom is -0.481 e. The zero-order valence-corrected chi connectivity index (χ0v) is 13.3. The predicted molar refractivity (Wildman–Crippen MR) is 92.1 cm³/mol. The van der Waals surface area contributed by atoms with Crippen molar-refractivity contribution >= 4 is 5.97 Å². The molecule has 120 valence electrons. The molecule has 2 N–H and O–H groups in total. The van der Waals surface area contributed by atoms with Gasteiger partial charge in [0.25, 0.3) is 5.97 Å². The lowest BCUT2D eigenvalue weighted by Crippen LogP contribution is -1.94. The summed E-state index contributed by atoms with van der Waals surface area (Å²) in [6.45, 7) is 8.20. The highest BCUT2D eigenvalue weighted by Gasteiger charge is 1.85. The Morgan fingerprint density at radius 3 is 2.36 bits per heavy atom. The van der Waals surface area contributed by atoms with Gasteiger partial charge in [0, 0.05) is 13.3 Å². The van der Waals surface area contributed by atoms with E-state index in [1.165, 1.54) is 25.3 Å². The van der Waals surface area contributed by atoms with E-state index >= 15 is 0 Å². The van der Waals surface area contributed by atoms with Gasteiger partial charge in [-0.15, -0.1) is 6.58 Å². The maximum atomic E-state index is 9.04. The lowest BCUT2D eigenvalue weighted by atomic mass is 10.1. The van der Waals surface area contributed by atoms with Gasteiger partial charge in [0.2, 0.25) is 0 Å². The maximum Gasteiger partial charge on any atom is 0.300 e. The lowest BCUT2D eigenvalue weighted by Gasteiger charge is -1.93. The third-order valence-corrected chi connectivity index (χ3v) is 2.26. The van der Waals surface area contributed by atoms with Crippen molar-refractivity contribution in [1.29, 1.82) is 0 Å². The molecule has 1 unspecified atom stereocenters. The van der Waals surface area contributed by atoms with Crippen LogP contribution in [0.3, 0.4) is 0 Å². The summed E-state index contributed by atoms with van der Waals surface area (Å²) in [6.07, 6.45) is 13.5. The summed E-state index contributed by atoms with van der Waals surface area (Å²) in [4.78, 5) is 9.00. The molecule has 0 aliphatic rings. The summed E-state index contributed by atoms with van der Waals surface area (Å²) in [5, 5.41) is 16.5. The van der Waals surface area contributed by atoms with Crippen LogP contribution < -0.4 is 0 Å². The van der Waals surface area contributed by atoms with Gasteiger partial charge in [-0.25, -0.2) is 0 Å². The first-order valence-electron chi connectivity index (χ1n) is 7.29. The van der Waals surface area contributed by atoms with E-state index in [4.69, 9.17) is 15.0 Å². The van der Waals surface area contributed by atoms with Crippen LogP contribution in [0, 0.1) is 23.7 Å². The second-order valence-corrected chi connectivity index (χ2v) is 4.37. The number of hydrogen-bond acceptors (Lipinski definition) is 2. The quantitative estimate of drug-likeness (QED) is 0.408. The molecule has 0 heterocycles. The first-order chi connectivity index (χ1) is 10.5. The van der Waals surface area contributed by atoms with Gasteiger partial charge in [-0.3, -0.25) is 4.79 Å². The van der Waals surface area contributed by atoms with E-state index in [0.29, 0.717) is 6.42 Å². The Morgan fingerprint density at radius 1 is 1.14 bits per heavy atom. The van der Waals surface area contributed by atoms with Crippen molar-refractivity contribution in [2.24, 2.45) is 0 Å². The molecule has 3 heteroatoms. The van der Waals surface area contributed by atoms with Crippen molar-refractivity contribution in [3.05, 3.63) is 37.5 Å². The van der Waals surface area contributed by atoms with Crippen molar-refractivity contribution < 1.29 is 15.0 Å². The molecule has 0 aliphatic heterocycles. The Balaban J connectivity index is 0. The SMILES string of the molecule is C=CCCCCCC=CCC#CC#CC(O)C=C.CC(=O)O. The van der Waals surface area contributed by atoms with Gasteiger partial charge in [-0.2, -0.15) is 0 Å². The highest BCUT2D eigenvalue weighted by Crippen LogP contribution is 2.03. The van der Waals surface area contributed by atoms with Crippen LogP contribution in [-0.2, 0) is 4.79 Å². The molecule has 0 bridgehead atoms. The fraction of sp³-hybridized carbons (Fsp3) is 0.421. The van der Waals surface area contributed by atoms with E-state index in [9.17, 15) is 0 Å². The lowest BCUT2D eigenvalue weighted by molar-refractivity contribution is -0.134. The van der Waals surface area contributed by atoms with Gasteiger partial charge >= 0.3 is 0 Å². The Morgan fingerprint density at radius 2 is 1.77 bits per heavy atom. The number of carboxylic acid groups (broad SMARTS) is 1. The Hall–Kier alpha value is -2.23. The number of allylic oxidation sites excluding steroid dienone is 3. The Bertz CT molecular complexity index is 449. The molecule has 0 amide bonds. The topological polar surface area (TPSA) is 57.5 Å². The van der Waals surface area contributed by atoms with Crippen LogP contribution in [0.5, 0.6) is 0 Å². The molecule has 0 saturated carbocycles. The number of rotatable bonds is 8. The smallest absolute Gasteiger partial charge is 0.300 e. The number of hydrogen-bond donors (Lipinski definition) is 2. The fourth-order valence-corrected chi connectivity index (χ4v) is 1.25. The first kappa shape index (κ1) is 22.1. The summed E-state index contributed by atoms with van der Waals surface area (Å²) in [6, 6.07) is 0. The van der Waals surface area contributed by atoms with Crippen molar-refractivity contribution in [1.82, 2.24) is 0 Å². The number of unbranched alkanes of at least 4 members (excludes halogenated alkanes) is 4. The van der Waals surface area contributed by atoms with Crippen LogP contribution in [0.4, 0.5) is 0 Å². The Labute approximate surface area is 134 Å². The number of aliphatic hydroxyl groups is 1. The van der Waals surface area contributed by atoms with Crippen molar-refractivity contribution in [2.75, 3.05) is 0 Å². The maximum absolute atomic E-state index is 9.04. The van der Waals surface area contributed by atoms with Crippen molar-refractivity contribution in [3.8, 4) is 23.7 Å². The van der Waals surface area contributed by atoms with E-state index in [1.54, 1.807) is 0 Å². The van der Waals surface area contributed by atoms with Gasteiger partial charge in [0.05, 0.1) is 0 Å². The van der Waals surface area contributed by atoms with Gasteiger partial charge in [-0.05, 0) is 37.5 Å². The highest BCUT2D eigenvalue weighted by molar-refractivity contribution is 5.62. The van der Waals surface area contributed by atoms with E-state index < -0.39 is 12.1 Å². The summed E-state index contributed by atoms with van der Waals surface area (Å²) in [5.41, 5.74) is 0. The van der Waals surface area contributed by atoms with Crippen molar-refractivity contribution in [3.63, 3.8) is 0 Å². The minimum atomic E-state index is -0.833. The molecule has 0 aromatic carbocycles. The predicted octanol–water partition coefficient (Wildman–Crippen LogP) is 3.71. The summed E-state index contributed by atoms with van der Waals surface area (Å²) in [5.74, 6) is 9.89. The van der Waals surface area contributed by atoms with Gasteiger partial charge in [0.1, 0.15) is 6.10 Å². The largest absolute Gasteiger partial charge is 0.481 e. The number of aliphatic hydroxyl groups excluding tert-OH is 1. The van der Waals surface area contributed by atoms with E-state index in [2.05, 4.69) is 49.0 Å². The monoisotopic (exact) mass is 302 g/mol. The van der Waals surface area contributed by atoms with Crippen LogP contribution in [0.15, 0.2) is 37.5 Å². The normalized spacial score (nSPS) is 10.1. The fourth-order valence-electron chi connectivity index (χ4n) is 1.25. The molecule has 0 rings (SSSR count). The van der Waals surface area contributed by atoms with Crippen LogP contribution in [-0.4, -0.2) is 22.3 Å². The Kier molecular flexibility index (Phi) is 18.8. The van der Waals surface area contributed by atoms with Crippen LogP contribution in [0.1, 0.15) is 45.4 Å². The summed E-state index contributed by atoms with van der Waals surface area (Å²) >= 11 is 0. The average molecular weight is 302 g/mol. The van der Waals surface area contributed by atoms with Gasteiger partial charge in [0.15, 0.2) is 0 Å². The zero-order chi connectivity index (χ0) is 17.1. The van der Waals surface area contributed by atoms with Gasteiger partial charge in [-0.1, -0.05) is 49.1 Å². The van der Waals surface area contributed by atoms with Gasteiger partial charge < -0.3 is 10.2 Å². The molecule has 0 radical (unpaired) electrons. The molecular formula is C19H26O3. The van der Waals surface area contributed by atoms with E-state index in [0.717, 1.165) is 19.8 Å². The van der Waals surface area contributed by atoms with Crippen LogP contribution in [0.25, 0.3) is 0 Å². The molecule has 0 spiro atoms. The zero-order valence-electron chi connectivity index (χ0n) is 13.3. The van der Waals surface area contributed by atoms with E-state index in [-0.39, 0.29) is 0 Å². The molecule has 22 heavy (non-hydrogen) atoms. The molecule has 0 saturated heterocycles. The molecule has 0 aliphatic carbocycles. The van der Waals surface area contributed by atoms with E-state index in [1.807, 2.05) is 6.08 Å². The number of carboxylic acids is 1. The highest BCUT2D eigenvalue weighted by atomic mass is 16.4. The molecular weight excluding hydrogens is 276 g/mol. The second-order valence-electron chi connectivity index (χ2n) is 4.37. The second kappa shape index (κ2) is 18.8. The average Bonchev–Trinajstić information content (AvgIpc) is 2.47. The third kappa shape index (κ3) is 26.4. The summed E-state index contributed by atoms with van der Waals surface area (Å²) < 4.78 is 0. The minimum absolute atomic E-state index is 0.714. The molecule has 0 aromatic heterocycles. The van der Waals surface area contributed by atoms with Crippen LogP contribution >= 0.6 is 0 Å². The number of aliphatic carboxylic acids is 1. The molecule has 1 atom stereocenters. The first-order valence-corrected chi connectivity index (χ1v) is 7.29. The molecule has 0 aromatic rings. The molecule has 3 nitrogen and oxygen atoms in total. The summed E-state index contributed by atoms with van der Waals surface area (Å²) in [7, 11) is 0. The number of carbonyl (C=O) groups is 1. The van der Waals surface area contributed by atoms with Crippen LogP contribution in [0.2, 0.25) is 0 Å². The third-order valence-electron chi connectivity index (χ3n) is 2.26. The molecule has 0 fully saturated rings. The van der Waals surface area contributed by atoms with Crippen molar-refractivity contribution in [2.45, 2.75) is 51.6 Å².